The standard InChI is InChI=1S/C15H18N6O2/c16-14-13(21(22)23)9-18-15(19-14)17-8-11-6-7-20(10-11)12-4-2-1-3-5-12/h1-5,9,11H,6-8,10H2,(H3,16,17,18,19). The van der Waals surface area contributed by atoms with Crippen molar-refractivity contribution in [2.24, 2.45) is 5.92 Å². The summed E-state index contributed by atoms with van der Waals surface area (Å²) in [7, 11) is 0. The first kappa shape index (κ1) is 15.0. The van der Waals surface area contributed by atoms with Crippen LogP contribution in [-0.2, 0) is 0 Å². The van der Waals surface area contributed by atoms with Crippen LogP contribution < -0.4 is 16.0 Å². The summed E-state index contributed by atoms with van der Waals surface area (Å²) in [5, 5.41) is 13.8. The van der Waals surface area contributed by atoms with Crippen LogP contribution >= 0.6 is 0 Å². The van der Waals surface area contributed by atoms with Crippen LogP contribution in [0, 0.1) is 16.0 Å². The Bertz CT molecular complexity index is 694. The Balaban J connectivity index is 1.55. The number of hydrogen-bond donors (Lipinski definition) is 2. The van der Waals surface area contributed by atoms with Crippen molar-refractivity contribution >= 4 is 23.1 Å². The van der Waals surface area contributed by atoms with Gasteiger partial charge in [0.25, 0.3) is 0 Å². The second-order valence-electron chi connectivity index (χ2n) is 5.54. The lowest BCUT2D eigenvalue weighted by Crippen LogP contribution is -2.22. The van der Waals surface area contributed by atoms with E-state index in [4.69, 9.17) is 5.73 Å². The number of nitrogens with two attached hydrogens (primary N) is 1. The van der Waals surface area contributed by atoms with Crippen molar-refractivity contribution in [3.8, 4) is 0 Å². The lowest BCUT2D eigenvalue weighted by atomic mass is 10.1. The quantitative estimate of drug-likeness (QED) is 0.640. The summed E-state index contributed by atoms with van der Waals surface area (Å²) in [4.78, 5) is 20.3. The van der Waals surface area contributed by atoms with Gasteiger partial charge in [-0.3, -0.25) is 10.1 Å². The maximum absolute atomic E-state index is 10.7. The molecule has 1 aromatic heterocycles. The maximum Gasteiger partial charge on any atom is 0.329 e. The first-order chi connectivity index (χ1) is 11.1. The topological polar surface area (TPSA) is 110 Å². The summed E-state index contributed by atoms with van der Waals surface area (Å²) in [6, 6.07) is 10.3. The third kappa shape index (κ3) is 3.47. The van der Waals surface area contributed by atoms with E-state index in [0.717, 1.165) is 25.7 Å². The van der Waals surface area contributed by atoms with E-state index in [-0.39, 0.29) is 11.5 Å². The summed E-state index contributed by atoms with van der Waals surface area (Å²) in [5.74, 6) is 0.673. The van der Waals surface area contributed by atoms with Crippen LogP contribution in [0.1, 0.15) is 6.42 Å². The molecule has 3 rings (SSSR count). The Morgan fingerprint density at radius 3 is 2.87 bits per heavy atom. The third-order valence-corrected chi connectivity index (χ3v) is 3.95. The van der Waals surface area contributed by atoms with Gasteiger partial charge in [-0.15, -0.1) is 0 Å². The van der Waals surface area contributed by atoms with E-state index in [1.54, 1.807) is 0 Å². The van der Waals surface area contributed by atoms with Crippen molar-refractivity contribution < 1.29 is 4.92 Å². The van der Waals surface area contributed by atoms with E-state index >= 15 is 0 Å². The van der Waals surface area contributed by atoms with Crippen molar-refractivity contribution in [1.82, 2.24) is 9.97 Å². The Kier molecular flexibility index (Phi) is 4.22. The van der Waals surface area contributed by atoms with E-state index in [1.165, 1.54) is 5.69 Å². The molecule has 23 heavy (non-hydrogen) atoms. The van der Waals surface area contributed by atoms with Crippen LogP contribution in [0.5, 0.6) is 0 Å². The molecule has 2 aromatic rings. The molecule has 1 saturated heterocycles. The number of hydrogen-bond acceptors (Lipinski definition) is 7. The molecule has 1 unspecified atom stereocenters. The Hall–Kier alpha value is -2.90. The van der Waals surface area contributed by atoms with Crippen molar-refractivity contribution in [2.45, 2.75) is 6.42 Å². The minimum Gasteiger partial charge on any atom is -0.378 e. The highest BCUT2D eigenvalue weighted by Gasteiger charge is 2.23. The molecule has 2 heterocycles. The third-order valence-electron chi connectivity index (χ3n) is 3.95. The number of rotatable bonds is 5. The fraction of sp³-hybridized carbons (Fsp3) is 0.333. The average molecular weight is 314 g/mol. The molecule has 1 aliphatic rings. The van der Waals surface area contributed by atoms with Gasteiger partial charge in [0, 0.05) is 25.3 Å². The molecule has 0 bridgehead atoms. The zero-order chi connectivity index (χ0) is 16.2. The number of para-hydroxylation sites is 1. The summed E-state index contributed by atoms with van der Waals surface area (Å²) in [6.45, 7) is 2.68. The van der Waals surface area contributed by atoms with Gasteiger partial charge < -0.3 is 16.0 Å². The maximum atomic E-state index is 10.7. The number of nitrogen functional groups attached to an aromatic ring is 1. The zero-order valence-corrected chi connectivity index (χ0v) is 12.6. The highest BCUT2D eigenvalue weighted by molar-refractivity contribution is 5.53. The molecule has 8 heteroatoms. The van der Waals surface area contributed by atoms with Gasteiger partial charge in [0.2, 0.25) is 11.8 Å². The van der Waals surface area contributed by atoms with Crippen LogP contribution in [0.2, 0.25) is 0 Å². The zero-order valence-electron chi connectivity index (χ0n) is 12.6. The Labute approximate surface area is 133 Å². The van der Waals surface area contributed by atoms with Gasteiger partial charge in [-0.1, -0.05) is 18.2 Å². The lowest BCUT2D eigenvalue weighted by molar-refractivity contribution is -0.384. The van der Waals surface area contributed by atoms with E-state index in [2.05, 4.69) is 32.3 Å². The summed E-state index contributed by atoms with van der Waals surface area (Å²) >= 11 is 0. The predicted molar refractivity (Wildman–Crippen MR) is 88.4 cm³/mol. The molecule has 0 amide bonds. The molecule has 1 fully saturated rings. The highest BCUT2D eigenvalue weighted by Crippen LogP contribution is 2.24. The van der Waals surface area contributed by atoms with Crippen LogP contribution in [0.15, 0.2) is 36.5 Å². The smallest absolute Gasteiger partial charge is 0.329 e. The fourth-order valence-corrected chi connectivity index (χ4v) is 2.72. The number of nitrogens with zero attached hydrogens (tertiary/aromatic N) is 4. The normalized spacial score (nSPS) is 17.2. The molecule has 0 saturated carbocycles. The minimum absolute atomic E-state index is 0.121. The van der Waals surface area contributed by atoms with Gasteiger partial charge in [-0.05, 0) is 24.5 Å². The summed E-state index contributed by atoms with van der Waals surface area (Å²) < 4.78 is 0. The number of anilines is 3. The van der Waals surface area contributed by atoms with Gasteiger partial charge in [0.1, 0.15) is 6.20 Å². The van der Waals surface area contributed by atoms with Crippen LogP contribution in [0.25, 0.3) is 0 Å². The Morgan fingerprint density at radius 1 is 1.39 bits per heavy atom. The molecule has 1 aromatic carbocycles. The molecular weight excluding hydrogens is 296 g/mol. The monoisotopic (exact) mass is 314 g/mol. The largest absolute Gasteiger partial charge is 0.378 e. The number of nitrogens with one attached hydrogen (secondary N) is 1. The summed E-state index contributed by atoms with van der Waals surface area (Å²) in [5.41, 5.74) is 6.52. The van der Waals surface area contributed by atoms with E-state index in [9.17, 15) is 10.1 Å². The second kappa shape index (κ2) is 6.47. The van der Waals surface area contributed by atoms with Crippen molar-refractivity contribution in [2.75, 3.05) is 35.6 Å². The highest BCUT2D eigenvalue weighted by atomic mass is 16.6. The van der Waals surface area contributed by atoms with Gasteiger partial charge >= 0.3 is 5.69 Å². The molecule has 0 radical (unpaired) electrons. The predicted octanol–water partition coefficient (Wildman–Crippen LogP) is 1.91. The van der Waals surface area contributed by atoms with Crippen molar-refractivity contribution in [3.05, 3.63) is 46.6 Å². The first-order valence-corrected chi connectivity index (χ1v) is 7.44. The van der Waals surface area contributed by atoms with Gasteiger partial charge in [-0.25, -0.2) is 4.98 Å². The Morgan fingerprint density at radius 2 is 2.17 bits per heavy atom. The lowest BCUT2D eigenvalue weighted by Gasteiger charge is -2.18. The minimum atomic E-state index is -0.589. The van der Waals surface area contributed by atoms with Gasteiger partial charge in [-0.2, -0.15) is 4.98 Å². The molecule has 0 aliphatic carbocycles. The van der Waals surface area contributed by atoms with E-state index in [0.29, 0.717) is 18.4 Å². The molecule has 1 aliphatic heterocycles. The molecule has 120 valence electrons. The molecule has 1 atom stereocenters. The van der Waals surface area contributed by atoms with Crippen molar-refractivity contribution in [1.29, 1.82) is 0 Å². The van der Waals surface area contributed by atoms with E-state index in [1.807, 2.05) is 18.2 Å². The molecule has 0 spiro atoms. The van der Waals surface area contributed by atoms with Crippen LogP contribution in [0.3, 0.4) is 0 Å². The van der Waals surface area contributed by atoms with Gasteiger partial charge in [0.05, 0.1) is 4.92 Å². The van der Waals surface area contributed by atoms with E-state index < -0.39 is 4.92 Å². The second-order valence-corrected chi connectivity index (χ2v) is 5.54. The SMILES string of the molecule is Nc1nc(NCC2CCN(c3ccccc3)C2)ncc1[N+](=O)[O-]. The van der Waals surface area contributed by atoms with Crippen LogP contribution in [0.4, 0.5) is 23.1 Å². The fourth-order valence-electron chi connectivity index (χ4n) is 2.72. The van der Waals surface area contributed by atoms with Crippen LogP contribution in [-0.4, -0.2) is 34.5 Å². The molecule has 8 nitrogen and oxygen atoms in total. The first-order valence-electron chi connectivity index (χ1n) is 7.44. The summed E-state index contributed by atoms with van der Waals surface area (Å²) in [6.07, 6.45) is 2.21. The number of nitro groups is 1. The molecular formula is C15H18N6O2. The number of benzene rings is 1. The average Bonchev–Trinajstić information content (AvgIpc) is 3.02. The molecule has 3 N–H and O–H groups in total. The van der Waals surface area contributed by atoms with Crippen molar-refractivity contribution in [3.63, 3.8) is 0 Å². The van der Waals surface area contributed by atoms with Gasteiger partial charge in [0.15, 0.2) is 0 Å². The number of aromatic nitrogens is 2.